The smallest absolute Gasteiger partial charge is 0.390 e. The van der Waals surface area contributed by atoms with Crippen molar-refractivity contribution in [1.82, 2.24) is 4.90 Å². The van der Waals surface area contributed by atoms with Gasteiger partial charge in [0.05, 0.1) is 19.5 Å². The fraction of sp³-hybridized carbons (Fsp3) is 0.714. The van der Waals surface area contributed by atoms with Crippen molar-refractivity contribution < 1.29 is 27.9 Å². The molecule has 0 radical (unpaired) electrons. The maximum Gasteiger partial charge on any atom is 0.390 e. The normalized spacial score (nSPS) is 11.7. The highest BCUT2D eigenvalue weighted by Gasteiger charge is 2.28. The Balaban J connectivity index is 4.12. The van der Waals surface area contributed by atoms with E-state index in [1.807, 2.05) is 0 Å². The number of amides is 1. The Bertz CT molecular complexity index is 226. The molecule has 0 aliphatic carbocycles. The number of carboxylic acids is 1. The van der Waals surface area contributed by atoms with Crippen LogP contribution in [0.25, 0.3) is 0 Å². The highest BCUT2D eigenvalue weighted by molar-refractivity contribution is 5.77. The van der Waals surface area contributed by atoms with Crippen molar-refractivity contribution >= 4 is 11.9 Å². The number of nitrogens with zero attached hydrogens (tertiary/aromatic N) is 1. The largest absolute Gasteiger partial charge is 0.480 e. The summed E-state index contributed by atoms with van der Waals surface area (Å²) in [5.74, 6) is -2.17. The zero-order chi connectivity index (χ0) is 12.1. The van der Waals surface area contributed by atoms with Gasteiger partial charge in [-0.2, -0.15) is 13.2 Å². The molecule has 0 heterocycles. The zero-order valence-electron chi connectivity index (χ0n) is 7.75. The lowest BCUT2D eigenvalue weighted by molar-refractivity contribution is -0.146. The van der Waals surface area contributed by atoms with Crippen LogP contribution in [0.15, 0.2) is 0 Å². The SMILES string of the molecule is NC(=O)CN(CCC(F)(F)F)CC(=O)O. The van der Waals surface area contributed by atoms with Crippen molar-refractivity contribution in [2.24, 2.45) is 5.73 Å². The van der Waals surface area contributed by atoms with Crippen LogP contribution in [0.2, 0.25) is 0 Å². The van der Waals surface area contributed by atoms with Gasteiger partial charge in [-0.25, -0.2) is 0 Å². The summed E-state index contributed by atoms with van der Waals surface area (Å²) in [4.78, 5) is 21.5. The molecule has 0 aromatic rings. The van der Waals surface area contributed by atoms with Gasteiger partial charge in [0.2, 0.25) is 5.91 Å². The number of carbonyl (C=O) groups is 2. The summed E-state index contributed by atoms with van der Waals surface area (Å²) >= 11 is 0. The van der Waals surface area contributed by atoms with Gasteiger partial charge in [0.1, 0.15) is 0 Å². The van der Waals surface area contributed by atoms with E-state index < -0.39 is 44.1 Å². The third-order valence-corrected chi connectivity index (χ3v) is 1.45. The van der Waals surface area contributed by atoms with Gasteiger partial charge in [0.25, 0.3) is 0 Å². The second kappa shape index (κ2) is 5.54. The quantitative estimate of drug-likeness (QED) is 0.660. The number of halogens is 3. The van der Waals surface area contributed by atoms with E-state index in [0.717, 1.165) is 4.90 Å². The third kappa shape index (κ3) is 9.01. The molecule has 0 saturated heterocycles. The van der Waals surface area contributed by atoms with Gasteiger partial charge in [-0.3, -0.25) is 14.5 Å². The van der Waals surface area contributed by atoms with E-state index >= 15 is 0 Å². The summed E-state index contributed by atoms with van der Waals surface area (Å²) in [5.41, 5.74) is 4.75. The van der Waals surface area contributed by atoms with E-state index in [2.05, 4.69) is 0 Å². The molecule has 1 amide bonds. The fourth-order valence-corrected chi connectivity index (χ4v) is 0.911. The first-order valence-electron chi connectivity index (χ1n) is 4.00. The molecule has 0 aliphatic heterocycles. The molecular formula is C7H11F3N2O3. The van der Waals surface area contributed by atoms with Crippen LogP contribution in [0.3, 0.4) is 0 Å². The molecule has 0 unspecified atom stereocenters. The van der Waals surface area contributed by atoms with Gasteiger partial charge in [0.15, 0.2) is 0 Å². The summed E-state index contributed by atoms with van der Waals surface area (Å²) in [6, 6.07) is 0. The average molecular weight is 228 g/mol. The lowest BCUT2D eigenvalue weighted by Crippen LogP contribution is -2.39. The van der Waals surface area contributed by atoms with Gasteiger partial charge >= 0.3 is 12.1 Å². The summed E-state index contributed by atoms with van der Waals surface area (Å²) in [6.07, 6.45) is -5.55. The van der Waals surface area contributed by atoms with E-state index in [1.165, 1.54) is 0 Å². The molecular weight excluding hydrogens is 217 g/mol. The van der Waals surface area contributed by atoms with Gasteiger partial charge in [-0.15, -0.1) is 0 Å². The van der Waals surface area contributed by atoms with Crippen molar-refractivity contribution in [3.63, 3.8) is 0 Å². The molecule has 0 fully saturated rings. The molecule has 3 N–H and O–H groups in total. The second-order valence-electron chi connectivity index (χ2n) is 2.94. The summed E-state index contributed by atoms with van der Waals surface area (Å²) < 4.78 is 35.4. The highest BCUT2D eigenvalue weighted by Crippen LogP contribution is 2.19. The van der Waals surface area contributed by atoms with Crippen LogP contribution in [0.5, 0.6) is 0 Å². The molecule has 5 nitrogen and oxygen atoms in total. The van der Waals surface area contributed by atoms with E-state index in [9.17, 15) is 22.8 Å². The van der Waals surface area contributed by atoms with Crippen LogP contribution in [0.1, 0.15) is 6.42 Å². The summed E-state index contributed by atoms with van der Waals surface area (Å²) in [5, 5.41) is 8.35. The Morgan fingerprint density at radius 2 is 1.80 bits per heavy atom. The van der Waals surface area contributed by atoms with Gasteiger partial charge in [-0.1, -0.05) is 0 Å². The minimum atomic E-state index is -4.38. The molecule has 8 heteroatoms. The molecule has 88 valence electrons. The topological polar surface area (TPSA) is 83.6 Å². The number of aliphatic carboxylic acids is 1. The zero-order valence-corrected chi connectivity index (χ0v) is 7.75. The van der Waals surface area contributed by atoms with E-state index in [-0.39, 0.29) is 0 Å². The molecule has 15 heavy (non-hydrogen) atoms. The van der Waals surface area contributed by atoms with Crippen LogP contribution in [-0.2, 0) is 9.59 Å². The Labute approximate surface area is 83.6 Å². The summed E-state index contributed by atoms with van der Waals surface area (Å²) in [7, 11) is 0. The van der Waals surface area contributed by atoms with E-state index in [0.29, 0.717) is 0 Å². The predicted octanol–water partition coefficient (Wildman–Crippen LogP) is -0.189. The lowest BCUT2D eigenvalue weighted by Gasteiger charge is -2.18. The molecule has 0 bridgehead atoms. The first-order chi connectivity index (χ1) is 6.70. The second-order valence-corrected chi connectivity index (χ2v) is 2.94. The van der Waals surface area contributed by atoms with E-state index in [4.69, 9.17) is 10.8 Å². The number of hydrogen-bond donors (Lipinski definition) is 2. The Morgan fingerprint density at radius 3 is 2.13 bits per heavy atom. The first-order valence-corrected chi connectivity index (χ1v) is 4.00. The van der Waals surface area contributed by atoms with Crippen molar-refractivity contribution in [3.8, 4) is 0 Å². The maximum absolute atomic E-state index is 11.8. The number of carboxylic acid groups (broad SMARTS) is 1. The Hall–Kier alpha value is -1.31. The predicted molar refractivity (Wildman–Crippen MR) is 43.9 cm³/mol. The minimum Gasteiger partial charge on any atom is -0.480 e. The van der Waals surface area contributed by atoms with Crippen LogP contribution >= 0.6 is 0 Å². The monoisotopic (exact) mass is 228 g/mol. The van der Waals surface area contributed by atoms with Crippen molar-refractivity contribution in [3.05, 3.63) is 0 Å². The molecule has 0 aromatic heterocycles. The molecule has 0 saturated carbocycles. The molecule has 0 aromatic carbocycles. The number of carbonyl (C=O) groups excluding carboxylic acids is 1. The maximum atomic E-state index is 11.8. The number of alkyl halides is 3. The lowest BCUT2D eigenvalue weighted by atomic mass is 10.3. The van der Waals surface area contributed by atoms with Crippen LogP contribution < -0.4 is 5.73 Å². The average Bonchev–Trinajstić information content (AvgIpc) is 1.96. The van der Waals surface area contributed by atoms with E-state index in [1.54, 1.807) is 0 Å². The third-order valence-electron chi connectivity index (χ3n) is 1.45. The minimum absolute atomic E-state index is 0.498. The fourth-order valence-electron chi connectivity index (χ4n) is 0.911. The van der Waals surface area contributed by atoms with Crippen LogP contribution in [-0.4, -0.2) is 47.7 Å². The molecule has 0 rings (SSSR count). The number of primary amides is 1. The highest BCUT2D eigenvalue weighted by atomic mass is 19.4. The van der Waals surface area contributed by atoms with Crippen molar-refractivity contribution in [2.75, 3.05) is 19.6 Å². The van der Waals surface area contributed by atoms with Gasteiger partial charge in [-0.05, 0) is 0 Å². The number of rotatable bonds is 6. The van der Waals surface area contributed by atoms with Crippen molar-refractivity contribution in [2.45, 2.75) is 12.6 Å². The first kappa shape index (κ1) is 13.7. The van der Waals surface area contributed by atoms with Gasteiger partial charge in [0, 0.05) is 6.54 Å². The molecule has 0 spiro atoms. The van der Waals surface area contributed by atoms with Crippen LogP contribution in [0, 0.1) is 0 Å². The number of hydrogen-bond acceptors (Lipinski definition) is 3. The number of nitrogens with two attached hydrogens (primary N) is 1. The standard InChI is InChI=1S/C7H11F3N2O3/c8-7(9,10)1-2-12(3-5(11)13)4-6(14)15/h1-4H2,(H2,11,13)(H,14,15). The Morgan fingerprint density at radius 1 is 1.27 bits per heavy atom. The molecule has 0 atom stereocenters. The van der Waals surface area contributed by atoms with Crippen LogP contribution in [0.4, 0.5) is 13.2 Å². The summed E-state index contributed by atoms with van der Waals surface area (Å²) in [6.45, 7) is -1.69. The molecule has 0 aliphatic rings. The van der Waals surface area contributed by atoms with Crippen molar-refractivity contribution in [1.29, 1.82) is 0 Å². The van der Waals surface area contributed by atoms with Gasteiger partial charge < -0.3 is 10.8 Å². The Kier molecular flexibility index (Phi) is 5.06.